The van der Waals surface area contributed by atoms with E-state index in [1.54, 1.807) is 0 Å². The van der Waals surface area contributed by atoms with Crippen molar-refractivity contribution in [2.45, 2.75) is 89.9 Å². The number of piperidine rings is 2. The van der Waals surface area contributed by atoms with Gasteiger partial charge < -0.3 is 16.0 Å². The molecule has 3 N–H and O–H groups in total. The fourth-order valence-electron chi connectivity index (χ4n) is 4.29. The Labute approximate surface area is 129 Å². The maximum atomic E-state index is 12.6. The van der Waals surface area contributed by atoms with Gasteiger partial charge in [0.05, 0.1) is 6.04 Å². The van der Waals surface area contributed by atoms with Gasteiger partial charge >= 0.3 is 0 Å². The minimum atomic E-state index is 0.00445. The Morgan fingerprint density at radius 3 is 2.38 bits per heavy atom. The van der Waals surface area contributed by atoms with Crippen molar-refractivity contribution in [2.75, 3.05) is 6.54 Å². The van der Waals surface area contributed by atoms with Gasteiger partial charge in [-0.25, -0.2) is 0 Å². The van der Waals surface area contributed by atoms with E-state index >= 15 is 0 Å². The van der Waals surface area contributed by atoms with E-state index in [0.29, 0.717) is 5.92 Å². The smallest absolute Gasteiger partial charge is 0.237 e. The summed E-state index contributed by atoms with van der Waals surface area (Å²) in [6.07, 6.45) is 5.35. The lowest BCUT2D eigenvalue weighted by Gasteiger charge is -2.47. The maximum absolute atomic E-state index is 12.6. The summed E-state index contributed by atoms with van der Waals surface area (Å²) in [7, 11) is 0. The summed E-state index contributed by atoms with van der Waals surface area (Å²) in [4.78, 5) is 12.6. The molecule has 4 heteroatoms. The Morgan fingerprint density at radius 1 is 1.19 bits per heavy atom. The predicted molar refractivity (Wildman–Crippen MR) is 87.3 cm³/mol. The van der Waals surface area contributed by atoms with E-state index in [4.69, 9.17) is 0 Å². The van der Waals surface area contributed by atoms with Gasteiger partial charge in [-0.3, -0.25) is 4.79 Å². The molecule has 0 saturated carbocycles. The highest BCUT2D eigenvalue weighted by Gasteiger charge is 2.39. The monoisotopic (exact) mass is 295 g/mol. The Kier molecular flexibility index (Phi) is 4.99. The third-order valence-corrected chi connectivity index (χ3v) is 4.94. The molecule has 0 aromatic heterocycles. The van der Waals surface area contributed by atoms with Gasteiger partial charge in [0.25, 0.3) is 0 Å². The molecule has 4 nitrogen and oxygen atoms in total. The Balaban J connectivity index is 1.92. The molecule has 0 radical (unpaired) electrons. The number of amides is 1. The van der Waals surface area contributed by atoms with Crippen molar-refractivity contribution in [3.63, 3.8) is 0 Å². The van der Waals surface area contributed by atoms with Crippen LogP contribution in [0.25, 0.3) is 0 Å². The number of carbonyl (C=O) groups excluding carboxylic acids is 1. The average molecular weight is 295 g/mol. The van der Waals surface area contributed by atoms with Crippen molar-refractivity contribution in [3.8, 4) is 0 Å². The maximum Gasteiger partial charge on any atom is 0.237 e. The summed E-state index contributed by atoms with van der Waals surface area (Å²) in [5.41, 5.74) is 0.150. The Bertz CT molecular complexity index is 362. The summed E-state index contributed by atoms with van der Waals surface area (Å²) >= 11 is 0. The van der Waals surface area contributed by atoms with Crippen molar-refractivity contribution in [2.24, 2.45) is 5.92 Å². The van der Waals surface area contributed by atoms with Gasteiger partial charge in [0.2, 0.25) is 5.91 Å². The van der Waals surface area contributed by atoms with E-state index in [2.05, 4.69) is 50.6 Å². The number of hydrogen-bond acceptors (Lipinski definition) is 3. The van der Waals surface area contributed by atoms with Crippen LogP contribution in [0.1, 0.15) is 66.7 Å². The van der Waals surface area contributed by atoms with Crippen LogP contribution in [0.4, 0.5) is 0 Å². The molecular formula is C17H33N3O. The highest BCUT2D eigenvalue weighted by Crippen LogP contribution is 2.29. The number of hydrogen-bond donors (Lipinski definition) is 3. The third kappa shape index (κ3) is 4.68. The first kappa shape index (κ1) is 16.8. The molecule has 0 aromatic carbocycles. The zero-order valence-corrected chi connectivity index (χ0v) is 14.4. The normalized spacial score (nSPS) is 32.6. The van der Waals surface area contributed by atoms with E-state index < -0.39 is 0 Å². The Hall–Kier alpha value is -0.610. The molecule has 2 saturated heterocycles. The molecule has 2 atom stereocenters. The van der Waals surface area contributed by atoms with Crippen LogP contribution in [0.2, 0.25) is 0 Å². The van der Waals surface area contributed by atoms with Gasteiger partial charge in [-0.05, 0) is 65.8 Å². The molecule has 2 aliphatic rings. The van der Waals surface area contributed by atoms with E-state index in [1.165, 1.54) is 12.8 Å². The van der Waals surface area contributed by atoms with Crippen LogP contribution >= 0.6 is 0 Å². The van der Waals surface area contributed by atoms with Gasteiger partial charge in [-0.1, -0.05) is 13.3 Å². The van der Waals surface area contributed by atoms with Gasteiger partial charge in [-0.2, -0.15) is 0 Å². The molecule has 0 aromatic rings. The highest BCUT2D eigenvalue weighted by molar-refractivity contribution is 5.82. The van der Waals surface area contributed by atoms with Crippen LogP contribution in [-0.4, -0.2) is 35.6 Å². The zero-order chi connectivity index (χ0) is 15.7. The second kappa shape index (κ2) is 6.25. The molecule has 0 aliphatic carbocycles. The molecule has 2 rings (SSSR count). The third-order valence-electron chi connectivity index (χ3n) is 4.94. The lowest BCUT2D eigenvalue weighted by molar-refractivity contribution is -0.125. The average Bonchev–Trinajstić information content (AvgIpc) is 2.35. The minimum Gasteiger partial charge on any atom is -0.352 e. The molecule has 21 heavy (non-hydrogen) atoms. The molecular weight excluding hydrogens is 262 g/mol. The van der Waals surface area contributed by atoms with Crippen LogP contribution in [0.15, 0.2) is 0 Å². The molecule has 2 unspecified atom stereocenters. The Morgan fingerprint density at radius 2 is 1.81 bits per heavy atom. The molecule has 2 aliphatic heterocycles. The van der Waals surface area contributed by atoms with E-state index in [0.717, 1.165) is 25.8 Å². The second-order valence-electron chi connectivity index (χ2n) is 8.31. The van der Waals surface area contributed by atoms with Gasteiger partial charge in [0.15, 0.2) is 0 Å². The quantitative estimate of drug-likeness (QED) is 0.748. The fourth-order valence-corrected chi connectivity index (χ4v) is 4.29. The van der Waals surface area contributed by atoms with Crippen molar-refractivity contribution in [1.29, 1.82) is 0 Å². The van der Waals surface area contributed by atoms with Crippen molar-refractivity contribution >= 4 is 5.91 Å². The topological polar surface area (TPSA) is 53.2 Å². The molecule has 2 heterocycles. The lowest BCUT2D eigenvalue weighted by atomic mass is 9.79. The first-order valence-electron chi connectivity index (χ1n) is 8.54. The molecule has 1 amide bonds. The first-order valence-corrected chi connectivity index (χ1v) is 8.54. The van der Waals surface area contributed by atoms with E-state index in [1.807, 2.05) is 0 Å². The van der Waals surface area contributed by atoms with Crippen LogP contribution in [0, 0.1) is 5.92 Å². The largest absolute Gasteiger partial charge is 0.352 e. The summed E-state index contributed by atoms with van der Waals surface area (Å²) in [5, 5.41) is 10.4. The fraction of sp³-hybridized carbons (Fsp3) is 0.941. The summed E-state index contributed by atoms with van der Waals surface area (Å²) in [6.45, 7) is 12.1. The van der Waals surface area contributed by atoms with Crippen LogP contribution in [0.3, 0.4) is 0 Å². The molecule has 2 fully saturated rings. The number of carbonyl (C=O) groups is 1. The number of rotatable bonds is 3. The molecule has 0 spiro atoms. The van der Waals surface area contributed by atoms with E-state index in [-0.39, 0.29) is 29.1 Å². The summed E-state index contributed by atoms with van der Waals surface area (Å²) < 4.78 is 0. The van der Waals surface area contributed by atoms with Crippen LogP contribution in [-0.2, 0) is 4.79 Å². The highest BCUT2D eigenvalue weighted by atomic mass is 16.2. The summed E-state index contributed by atoms with van der Waals surface area (Å²) in [6, 6.07) is 0.275. The standard InChI is InChI=1S/C17H33N3O/c1-6-12-7-8-18-14(9-12)15(21)19-13-10-16(2,3)20-17(4,5)11-13/h12-14,18,20H,6-11H2,1-5H3,(H,19,21). The van der Waals surface area contributed by atoms with Crippen molar-refractivity contribution in [1.82, 2.24) is 16.0 Å². The van der Waals surface area contributed by atoms with Gasteiger partial charge in [0.1, 0.15) is 0 Å². The number of nitrogens with one attached hydrogen (secondary N) is 3. The van der Waals surface area contributed by atoms with Crippen molar-refractivity contribution < 1.29 is 4.79 Å². The van der Waals surface area contributed by atoms with Crippen LogP contribution < -0.4 is 16.0 Å². The first-order chi connectivity index (χ1) is 9.71. The molecule has 0 bridgehead atoms. The molecule has 122 valence electrons. The predicted octanol–water partition coefficient (Wildman–Crippen LogP) is 2.19. The van der Waals surface area contributed by atoms with Crippen molar-refractivity contribution in [3.05, 3.63) is 0 Å². The second-order valence-corrected chi connectivity index (χ2v) is 8.31. The lowest BCUT2D eigenvalue weighted by Crippen LogP contribution is -2.63. The van der Waals surface area contributed by atoms with Gasteiger partial charge in [-0.15, -0.1) is 0 Å². The SMILES string of the molecule is CCC1CCNC(C(=O)NC2CC(C)(C)NC(C)(C)C2)C1. The van der Waals surface area contributed by atoms with Gasteiger partial charge in [0, 0.05) is 17.1 Å². The summed E-state index contributed by atoms with van der Waals surface area (Å²) in [5.74, 6) is 0.898. The van der Waals surface area contributed by atoms with E-state index in [9.17, 15) is 4.79 Å². The minimum absolute atomic E-state index is 0.00445. The van der Waals surface area contributed by atoms with Crippen LogP contribution in [0.5, 0.6) is 0 Å². The zero-order valence-electron chi connectivity index (χ0n) is 14.4.